The van der Waals surface area contributed by atoms with E-state index in [1.54, 1.807) is 49.9 Å². The number of hydrogen-bond acceptors (Lipinski definition) is 8. The van der Waals surface area contributed by atoms with Crippen molar-refractivity contribution < 1.29 is 33.8 Å². The molecular formula is C28H42N6O7. The molecule has 4 atom stereocenters. The molecule has 1 aromatic rings. The smallest absolute Gasteiger partial charge is 0.255 e. The van der Waals surface area contributed by atoms with Crippen molar-refractivity contribution in [1.29, 1.82) is 0 Å². The molecule has 2 aliphatic heterocycles. The quantitative estimate of drug-likeness (QED) is 0.302. The van der Waals surface area contributed by atoms with Crippen molar-refractivity contribution in [3.05, 3.63) is 29.8 Å². The number of nitrogens with zero attached hydrogens (tertiary/aromatic N) is 2. The minimum Gasteiger partial charge on any atom is -0.491 e. The number of carbonyl (C=O) groups excluding carboxylic acids is 5. The Kier molecular flexibility index (Phi) is 11.5. The van der Waals surface area contributed by atoms with Gasteiger partial charge in [-0.3, -0.25) is 24.0 Å². The fourth-order valence-electron chi connectivity index (χ4n) is 4.71. The van der Waals surface area contributed by atoms with E-state index in [0.717, 1.165) is 13.0 Å². The number of aliphatic hydroxyl groups excluding tert-OH is 1. The van der Waals surface area contributed by atoms with Crippen molar-refractivity contribution >= 4 is 29.5 Å². The van der Waals surface area contributed by atoms with Crippen LogP contribution in [0.4, 0.5) is 0 Å². The molecule has 0 aliphatic carbocycles. The predicted molar refractivity (Wildman–Crippen MR) is 150 cm³/mol. The van der Waals surface area contributed by atoms with E-state index in [9.17, 15) is 29.1 Å². The summed E-state index contributed by atoms with van der Waals surface area (Å²) >= 11 is 0. The Hall–Kier alpha value is -3.71. The van der Waals surface area contributed by atoms with Gasteiger partial charge >= 0.3 is 0 Å². The van der Waals surface area contributed by atoms with Crippen LogP contribution in [0.15, 0.2) is 24.3 Å². The molecule has 1 saturated heterocycles. The summed E-state index contributed by atoms with van der Waals surface area (Å²) < 4.78 is 5.88. The van der Waals surface area contributed by atoms with Crippen LogP contribution in [0.3, 0.4) is 0 Å². The van der Waals surface area contributed by atoms with Gasteiger partial charge in [0.1, 0.15) is 30.5 Å². The molecule has 226 valence electrons. The molecule has 2 heterocycles. The van der Waals surface area contributed by atoms with Crippen molar-refractivity contribution in [2.75, 3.05) is 46.4 Å². The molecule has 2 aliphatic rings. The first kappa shape index (κ1) is 31.8. The molecule has 0 bridgehead atoms. The van der Waals surface area contributed by atoms with E-state index in [1.807, 2.05) is 7.05 Å². The van der Waals surface area contributed by atoms with Gasteiger partial charge in [-0.1, -0.05) is 26.0 Å². The second-order valence-corrected chi connectivity index (χ2v) is 11.0. The van der Waals surface area contributed by atoms with Gasteiger partial charge in [-0.2, -0.15) is 0 Å². The number of para-hydroxylation sites is 1. The van der Waals surface area contributed by atoms with Gasteiger partial charge in [-0.05, 0) is 45.0 Å². The molecule has 0 radical (unpaired) electrons. The largest absolute Gasteiger partial charge is 0.491 e. The maximum absolute atomic E-state index is 13.6. The van der Waals surface area contributed by atoms with Crippen molar-refractivity contribution in [3.8, 4) is 5.75 Å². The summed E-state index contributed by atoms with van der Waals surface area (Å²) in [6.45, 7) is 6.88. The number of carbonyl (C=O) groups is 5. The molecule has 0 unspecified atom stereocenters. The van der Waals surface area contributed by atoms with E-state index in [-0.39, 0.29) is 23.8 Å². The first-order valence-corrected chi connectivity index (χ1v) is 14.0. The van der Waals surface area contributed by atoms with E-state index in [2.05, 4.69) is 26.2 Å². The van der Waals surface area contributed by atoms with Gasteiger partial charge in [0.25, 0.3) is 5.91 Å². The highest BCUT2D eigenvalue weighted by atomic mass is 16.5. The summed E-state index contributed by atoms with van der Waals surface area (Å²) in [5.41, 5.74) is 0.161. The van der Waals surface area contributed by atoms with Crippen LogP contribution < -0.4 is 26.0 Å². The zero-order valence-electron chi connectivity index (χ0n) is 24.1. The Labute approximate surface area is 240 Å². The summed E-state index contributed by atoms with van der Waals surface area (Å²) in [5.74, 6) is -3.03. The van der Waals surface area contributed by atoms with Crippen LogP contribution in [-0.2, 0) is 19.2 Å². The van der Waals surface area contributed by atoms with E-state index in [4.69, 9.17) is 4.74 Å². The molecule has 13 heteroatoms. The summed E-state index contributed by atoms with van der Waals surface area (Å²) in [7, 11) is 1.96. The Morgan fingerprint density at radius 1 is 1.00 bits per heavy atom. The van der Waals surface area contributed by atoms with Crippen LogP contribution in [0.1, 0.15) is 44.0 Å². The third kappa shape index (κ3) is 8.89. The van der Waals surface area contributed by atoms with Crippen molar-refractivity contribution in [1.82, 2.24) is 31.1 Å². The fraction of sp³-hybridized carbons (Fsp3) is 0.607. The monoisotopic (exact) mass is 574 g/mol. The van der Waals surface area contributed by atoms with Gasteiger partial charge in [0.15, 0.2) is 0 Å². The molecular weight excluding hydrogens is 532 g/mol. The van der Waals surface area contributed by atoms with Gasteiger partial charge in [0.2, 0.25) is 23.6 Å². The van der Waals surface area contributed by atoms with Gasteiger partial charge < -0.3 is 40.9 Å². The van der Waals surface area contributed by atoms with Gasteiger partial charge in [0, 0.05) is 19.6 Å². The lowest BCUT2D eigenvalue weighted by molar-refractivity contribution is -0.137. The zero-order chi connectivity index (χ0) is 30.1. The first-order valence-electron chi connectivity index (χ1n) is 14.0. The average Bonchev–Trinajstić information content (AvgIpc) is 3.16. The third-order valence-corrected chi connectivity index (χ3v) is 7.11. The van der Waals surface area contributed by atoms with Crippen molar-refractivity contribution in [2.24, 2.45) is 5.92 Å². The second kappa shape index (κ2) is 14.8. The van der Waals surface area contributed by atoms with E-state index >= 15 is 0 Å². The topological polar surface area (TPSA) is 169 Å². The van der Waals surface area contributed by atoms with E-state index in [1.165, 1.54) is 0 Å². The van der Waals surface area contributed by atoms with Crippen LogP contribution in [-0.4, -0.2) is 115 Å². The van der Waals surface area contributed by atoms with Gasteiger partial charge in [-0.15, -0.1) is 0 Å². The molecule has 3 rings (SSSR count). The zero-order valence-corrected chi connectivity index (χ0v) is 24.1. The number of rotatable bonds is 3. The average molecular weight is 575 g/mol. The maximum Gasteiger partial charge on any atom is 0.255 e. The number of hydrogen-bond donors (Lipinski definition) is 5. The highest BCUT2D eigenvalue weighted by Gasteiger charge is 2.33. The molecule has 1 aromatic carbocycles. The number of benzene rings is 1. The number of ether oxygens (including phenoxy) is 1. The Morgan fingerprint density at radius 3 is 2.44 bits per heavy atom. The summed E-state index contributed by atoms with van der Waals surface area (Å²) in [4.78, 5) is 69.8. The van der Waals surface area contributed by atoms with Crippen LogP contribution >= 0.6 is 0 Å². The van der Waals surface area contributed by atoms with Crippen LogP contribution in [0.5, 0.6) is 5.75 Å². The lowest BCUT2D eigenvalue weighted by atomic mass is 10.0. The SMILES string of the molecule is CC(C)[C@H]1NC(=O)[C@H](CO)NC(=O)C[C@@H](C(=O)N2CCCN(C)CC2)NC(=O)c2ccccc2OC[C@H](C)NC1=O. The normalized spacial score (nSPS) is 26.0. The minimum atomic E-state index is -1.37. The second-order valence-electron chi connectivity index (χ2n) is 11.0. The highest BCUT2D eigenvalue weighted by Crippen LogP contribution is 2.19. The Balaban J connectivity index is 1.94. The Morgan fingerprint density at radius 2 is 1.73 bits per heavy atom. The maximum atomic E-state index is 13.6. The van der Waals surface area contributed by atoms with E-state index < -0.39 is 66.7 Å². The minimum absolute atomic E-state index is 0.0256. The fourth-order valence-corrected chi connectivity index (χ4v) is 4.71. The summed E-state index contributed by atoms with van der Waals surface area (Å²) in [5, 5.41) is 20.4. The molecule has 5 N–H and O–H groups in total. The van der Waals surface area contributed by atoms with E-state index in [0.29, 0.717) is 19.6 Å². The molecule has 41 heavy (non-hydrogen) atoms. The molecule has 0 saturated carbocycles. The molecule has 0 aromatic heterocycles. The molecule has 13 nitrogen and oxygen atoms in total. The van der Waals surface area contributed by atoms with Crippen molar-refractivity contribution in [3.63, 3.8) is 0 Å². The lowest BCUT2D eigenvalue weighted by Crippen LogP contribution is -2.58. The molecule has 0 spiro atoms. The van der Waals surface area contributed by atoms with Crippen molar-refractivity contribution in [2.45, 2.75) is 57.8 Å². The van der Waals surface area contributed by atoms with Gasteiger partial charge in [-0.25, -0.2) is 0 Å². The van der Waals surface area contributed by atoms with Gasteiger partial charge in [0.05, 0.1) is 24.6 Å². The number of fused-ring (bicyclic) bond motifs is 1. The summed E-state index contributed by atoms with van der Waals surface area (Å²) in [6.07, 6.45) is 0.273. The summed E-state index contributed by atoms with van der Waals surface area (Å²) in [6, 6.07) is 2.46. The lowest BCUT2D eigenvalue weighted by Gasteiger charge is -2.27. The van der Waals surface area contributed by atoms with Crippen LogP contribution in [0.25, 0.3) is 0 Å². The number of likely N-dealkylation sites (N-methyl/N-ethyl adjacent to an activating group) is 1. The standard InChI is InChI=1S/C28H42N6O7/c1-17(2)24-27(39)29-18(3)16-41-22-9-6-5-8-19(22)25(37)31-20(14-23(36)30-21(15-35)26(38)32-24)28(40)34-11-7-10-33(4)12-13-34/h5-6,8-9,17-18,20-21,24,35H,7,10-16H2,1-4H3,(H,29,39)(H,30,36)(H,31,37)(H,32,38)/t18-,20-,21-,24+/m0/s1. The van der Waals surface area contributed by atoms with Crippen LogP contribution in [0.2, 0.25) is 0 Å². The molecule has 5 amide bonds. The molecule has 1 fully saturated rings. The highest BCUT2D eigenvalue weighted by molar-refractivity contribution is 6.01. The number of nitrogens with one attached hydrogen (secondary N) is 4. The first-order chi connectivity index (χ1) is 19.5. The Bertz CT molecular complexity index is 1110. The third-order valence-electron chi connectivity index (χ3n) is 7.11. The number of amides is 5. The number of aliphatic hydroxyl groups is 1. The van der Waals surface area contributed by atoms with Crippen LogP contribution in [0, 0.1) is 5.92 Å². The predicted octanol–water partition coefficient (Wildman–Crippen LogP) is -1.15.